The predicted molar refractivity (Wildman–Crippen MR) is 141 cm³/mol. The number of nitrogens with zero attached hydrogens (tertiary/aromatic N) is 3. The number of fused-ring (bicyclic) bond motifs is 1. The molecule has 1 heterocycles. The van der Waals surface area contributed by atoms with Crippen LogP contribution in [0, 0.1) is 11.3 Å². The molecule has 10 heteroatoms. The molecule has 2 aliphatic rings. The van der Waals surface area contributed by atoms with E-state index in [0.29, 0.717) is 22.2 Å². The minimum absolute atomic E-state index is 0.00653. The van der Waals surface area contributed by atoms with Crippen molar-refractivity contribution in [1.29, 1.82) is 0 Å². The first-order valence-corrected chi connectivity index (χ1v) is 13.2. The summed E-state index contributed by atoms with van der Waals surface area (Å²) in [5.74, 6) is -0.824. The van der Waals surface area contributed by atoms with Crippen LogP contribution in [0.3, 0.4) is 0 Å². The fraction of sp³-hybridized carbons (Fsp3) is 0.333. The standard InChI is InChI=1S/C30H27F3N4O3/c31-30(32,33)22-8-6-18(7-9-22)17-37-27-24(11-21(12-25(27)35-36-37)20-4-2-1-3-5-20)28(40)34-23-15-29(16-23)13-19(14-29)10-26(38)39/h1-9,11-12,19,23H,10,13-17H2,(H,34,40)(H,38,39). The highest BCUT2D eigenvalue weighted by Crippen LogP contribution is 2.59. The van der Waals surface area contributed by atoms with Crippen LogP contribution in [0.25, 0.3) is 22.2 Å². The number of nitrogens with one attached hydrogen (secondary N) is 1. The lowest BCUT2D eigenvalue weighted by atomic mass is 9.49. The van der Waals surface area contributed by atoms with Gasteiger partial charge in [-0.1, -0.05) is 47.7 Å². The number of hydrogen-bond acceptors (Lipinski definition) is 4. The van der Waals surface area contributed by atoms with Crippen molar-refractivity contribution in [3.05, 3.63) is 83.4 Å². The molecule has 6 rings (SSSR count). The summed E-state index contributed by atoms with van der Waals surface area (Å²) in [6, 6.07) is 18.1. The Morgan fingerprint density at radius 3 is 2.33 bits per heavy atom. The molecule has 0 aliphatic heterocycles. The van der Waals surface area contributed by atoms with E-state index in [1.165, 1.54) is 12.1 Å². The van der Waals surface area contributed by atoms with Crippen molar-refractivity contribution in [1.82, 2.24) is 20.3 Å². The molecule has 2 fully saturated rings. The SMILES string of the molecule is O=C(O)CC1CC2(C1)CC(NC(=O)c1cc(-c3ccccc3)cc3nnn(Cc4ccc(C(F)(F)F)cc4)c13)C2. The number of aliphatic carboxylic acids is 1. The molecule has 1 aromatic heterocycles. The van der Waals surface area contributed by atoms with Crippen LogP contribution in [0.5, 0.6) is 0 Å². The second kappa shape index (κ2) is 9.76. The highest BCUT2D eigenvalue weighted by molar-refractivity contribution is 6.06. The second-order valence-electron chi connectivity index (χ2n) is 11.2. The molecule has 0 saturated heterocycles. The zero-order chi connectivity index (χ0) is 28.1. The first kappa shape index (κ1) is 26.0. The van der Waals surface area contributed by atoms with E-state index in [1.807, 2.05) is 36.4 Å². The maximum atomic E-state index is 13.6. The maximum absolute atomic E-state index is 13.6. The van der Waals surface area contributed by atoms with Gasteiger partial charge in [0.1, 0.15) is 11.0 Å². The van der Waals surface area contributed by atoms with Gasteiger partial charge in [-0.25, -0.2) is 4.68 Å². The first-order chi connectivity index (χ1) is 19.1. The van der Waals surface area contributed by atoms with Gasteiger partial charge in [-0.15, -0.1) is 5.10 Å². The number of carbonyl (C=O) groups is 2. The van der Waals surface area contributed by atoms with Crippen LogP contribution < -0.4 is 5.32 Å². The third-order valence-corrected chi connectivity index (χ3v) is 8.17. The molecule has 0 bridgehead atoms. The number of hydrogen-bond donors (Lipinski definition) is 2. The third-order valence-electron chi connectivity index (χ3n) is 8.17. The van der Waals surface area contributed by atoms with Crippen molar-refractivity contribution < 1.29 is 27.9 Å². The highest BCUT2D eigenvalue weighted by atomic mass is 19.4. The van der Waals surface area contributed by atoms with Crippen molar-refractivity contribution in [2.24, 2.45) is 11.3 Å². The van der Waals surface area contributed by atoms with Gasteiger partial charge in [0.25, 0.3) is 5.91 Å². The van der Waals surface area contributed by atoms with Gasteiger partial charge in [-0.05, 0) is 78.0 Å². The van der Waals surface area contributed by atoms with Crippen molar-refractivity contribution in [2.75, 3.05) is 0 Å². The number of halogens is 3. The van der Waals surface area contributed by atoms with Crippen LogP contribution in [0.2, 0.25) is 0 Å². The molecule has 0 unspecified atom stereocenters. The maximum Gasteiger partial charge on any atom is 0.416 e. The zero-order valence-corrected chi connectivity index (χ0v) is 21.5. The van der Waals surface area contributed by atoms with E-state index in [9.17, 15) is 22.8 Å². The Labute approximate surface area is 228 Å². The molecule has 7 nitrogen and oxygen atoms in total. The van der Waals surface area contributed by atoms with Crippen molar-refractivity contribution in [2.45, 2.75) is 50.9 Å². The Bertz CT molecular complexity index is 1570. The summed E-state index contributed by atoms with van der Waals surface area (Å²) in [6.07, 6.45) is -0.835. The van der Waals surface area contributed by atoms with Gasteiger partial charge >= 0.3 is 12.1 Å². The average Bonchev–Trinajstić information content (AvgIpc) is 3.28. The molecule has 2 saturated carbocycles. The predicted octanol–water partition coefficient (Wildman–Crippen LogP) is 5.93. The number of carbonyl (C=O) groups excluding carboxylic acids is 1. The van der Waals surface area contributed by atoms with Crippen molar-refractivity contribution in [3.8, 4) is 11.1 Å². The van der Waals surface area contributed by atoms with Gasteiger partial charge in [0.15, 0.2) is 0 Å². The summed E-state index contributed by atoms with van der Waals surface area (Å²) in [5, 5.41) is 20.7. The molecule has 1 spiro atoms. The summed E-state index contributed by atoms with van der Waals surface area (Å²) >= 11 is 0. The largest absolute Gasteiger partial charge is 0.481 e. The molecular formula is C30H27F3N4O3. The van der Waals surface area contributed by atoms with Gasteiger partial charge in [0, 0.05) is 12.5 Å². The van der Waals surface area contributed by atoms with E-state index >= 15 is 0 Å². The number of rotatable bonds is 7. The monoisotopic (exact) mass is 548 g/mol. The van der Waals surface area contributed by atoms with E-state index in [2.05, 4.69) is 15.6 Å². The summed E-state index contributed by atoms with van der Waals surface area (Å²) < 4.78 is 40.6. The van der Waals surface area contributed by atoms with Gasteiger partial charge in [-0.3, -0.25) is 9.59 Å². The number of carboxylic acid groups (broad SMARTS) is 1. The normalized spacial score (nSPS) is 22.1. The zero-order valence-electron chi connectivity index (χ0n) is 21.5. The minimum atomic E-state index is -4.42. The third kappa shape index (κ3) is 5.05. The topological polar surface area (TPSA) is 97.1 Å². The lowest BCUT2D eigenvalue weighted by Crippen LogP contribution is -2.56. The highest BCUT2D eigenvalue weighted by Gasteiger charge is 2.53. The molecule has 3 aromatic carbocycles. The molecule has 0 radical (unpaired) electrons. The minimum Gasteiger partial charge on any atom is -0.481 e. The summed E-state index contributed by atoms with van der Waals surface area (Å²) in [4.78, 5) is 24.6. The molecular weight excluding hydrogens is 521 g/mol. The Morgan fingerprint density at radius 1 is 0.975 bits per heavy atom. The Hall–Kier alpha value is -4.21. The van der Waals surface area contributed by atoms with Crippen LogP contribution in [0.15, 0.2) is 66.7 Å². The van der Waals surface area contributed by atoms with E-state index in [4.69, 9.17) is 5.11 Å². The molecule has 0 atom stereocenters. The van der Waals surface area contributed by atoms with Gasteiger partial charge in [-0.2, -0.15) is 13.2 Å². The average molecular weight is 549 g/mol. The quantitative estimate of drug-likeness (QED) is 0.299. The number of amides is 1. The number of carboxylic acids is 1. The Morgan fingerprint density at radius 2 is 1.68 bits per heavy atom. The van der Waals surface area contributed by atoms with E-state index in [0.717, 1.165) is 48.9 Å². The number of alkyl halides is 3. The Balaban J connectivity index is 1.26. The number of aromatic nitrogens is 3. The molecule has 206 valence electrons. The van der Waals surface area contributed by atoms with Crippen LogP contribution in [0.4, 0.5) is 13.2 Å². The first-order valence-electron chi connectivity index (χ1n) is 13.2. The van der Waals surface area contributed by atoms with Gasteiger partial charge in [0.2, 0.25) is 0 Å². The Kier molecular flexibility index (Phi) is 6.35. The van der Waals surface area contributed by atoms with Crippen molar-refractivity contribution in [3.63, 3.8) is 0 Å². The van der Waals surface area contributed by atoms with Crippen LogP contribution in [-0.4, -0.2) is 38.0 Å². The van der Waals surface area contributed by atoms with E-state index in [1.54, 1.807) is 10.7 Å². The smallest absolute Gasteiger partial charge is 0.416 e. The lowest BCUT2D eigenvalue weighted by Gasteiger charge is -2.57. The molecule has 1 amide bonds. The summed E-state index contributed by atoms with van der Waals surface area (Å²) in [5.41, 5.74) is 3.14. The van der Waals surface area contributed by atoms with Crippen LogP contribution >= 0.6 is 0 Å². The van der Waals surface area contributed by atoms with Crippen LogP contribution in [-0.2, 0) is 17.5 Å². The van der Waals surface area contributed by atoms with E-state index in [-0.39, 0.29) is 36.2 Å². The summed E-state index contributed by atoms with van der Waals surface area (Å²) in [6.45, 7) is 0.150. The molecule has 2 aliphatic carbocycles. The van der Waals surface area contributed by atoms with Crippen molar-refractivity contribution >= 4 is 22.9 Å². The van der Waals surface area contributed by atoms with Crippen LogP contribution in [0.1, 0.15) is 53.6 Å². The fourth-order valence-electron chi connectivity index (χ4n) is 6.41. The lowest BCUT2D eigenvalue weighted by molar-refractivity contribution is -0.142. The fourth-order valence-corrected chi connectivity index (χ4v) is 6.41. The number of benzene rings is 3. The van der Waals surface area contributed by atoms with Gasteiger partial charge in [0.05, 0.1) is 17.7 Å². The van der Waals surface area contributed by atoms with E-state index < -0.39 is 17.7 Å². The second-order valence-corrected chi connectivity index (χ2v) is 11.2. The van der Waals surface area contributed by atoms with Gasteiger partial charge < -0.3 is 10.4 Å². The molecule has 40 heavy (non-hydrogen) atoms. The molecule has 2 N–H and O–H groups in total. The molecule has 4 aromatic rings. The summed E-state index contributed by atoms with van der Waals surface area (Å²) in [7, 11) is 0.